The topological polar surface area (TPSA) is 29.5 Å². The fourth-order valence-corrected chi connectivity index (χ4v) is 4.82. The minimum atomic E-state index is -4.52. The maximum atomic E-state index is 13.1. The highest BCUT2D eigenvalue weighted by atomic mass is 79.9. The number of amides is 1. The minimum absolute atomic E-state index is 0.0746. The summed E-state index contributed by atoms with van der Waals surface area (Å²) in [7, 11) is 0. The fourth-order valence-electron chi connectivity index (χ4n) is 3.15. The molecule has 3 aromatic carbocycles. The van der Waals surface area contributed by atoms with Gasteiger partial charge in [0.15, 0.2) is 4.32 Å². The lowest BCUT2D eigenvalue weighted by molar-refractivity contribution is -0.137. The minimum Gasteiger partial charge on any atom is -0.488 e. The molecule has 9 heteroatoms. The van der Waals surface area contributed by atoms with Crippen molar-refractivity contribution in [2.24, 2.45) is 0 Å². The first kappa shape index (κ1) is 23.5. The zero-order valence-corrected chi connectivity index (χ0v) is 20.0. The Bertz CT molecular complexity index is 1250. The SMILES string of the molecule is O=C1C(=Cc2cc(Br)ccc2OCc2ccccc2)SC(=S)N1c1cccc(C(F)(F)F)c1. The Kier molecular flexibility index (Phi) is 6.92. The second-order valence-corrected chi connectivity index (χ2v) is 9.61. The van der Waals surface area contributed by atoms with E-state index in [-0.39, 0.29) is 10.0 Å². The van der Waals surface area contributed by atoms with Gasteiger partial charge in [-0.2, -0.15) is 13.2 Å². The summed E-state index contributed by atoms with van der Waals surface area (Å²) in [6.45, 7) is 0.342. The summed E-state index contributed by atoms with van der Waals surface area (Å²) in [6.07, 6.45) is -2.88. The van der Waals surface area contributed by atoms with E-state index in [4.69, 9.17) is 17.0 Å². The predicted molar refractivity (Wildman–Crippen MR) is 132 cm³/mol. The van der Waals surface area contributed by atoms with Gasteiger partial charge in [0.2, 0.25) is 0 Å². The number of alkyl halides is 3. The van der Waals surface area contributed by atoms with Crippen LogP contribution in [0.5, 0.6) is 5.75 Å². The highest BCUT2D eigenvalue weighted by Gasteiger charge is 2.36. The molecule has 1 amide bonds. The second kappa shape index (κ2) is 9.70. The Morgan fingerprint density at radius 1 is 1.03 bits per heavy atom. The molecule has 4 rings (SSSR count). The van der Waals surface area contributed by atoms with Gasteiger partial charge in [-0.05, 0) is 48.0 Å². The molecule has 3 aromatic rings. The highest BCUT2D eigenvalue weighted by molar-refractivity contribution is 9.10. The van der Waals surface area contributed by atoms with Crippen molar-refractivity contribution in [3.8, 4) is 5.75 Å². The van der Waals surface area contributed by atoms with E-state index in [2.05, 4.69) is 15.9 Å². The number of anilines is 1. The standard InChI is InChI=1S/C24H15BrF3NO2S2/c25-18-9-10-20(31-14-15-5-2-1-3-6-15)16(11-18)12-21-22(30)29(23(32)33-21)19-8-4-7-17(13-19)24(26,27)28/h1-13H,14H2. The smallest absolute Gasteiger partial charge is 0.416 e. The van der Waals surface area contributed by atoms with Gasteiger partial charge in [0, 0.05) is 10.0 Å². The average Bonchev–Trinajstić information content (AvgIpc) is 3.06. The molecule has 33 heavy (non-hydrogen) atoms. The van der Waals surface area contributed by atoms with E-state index < -0.39 is 17.6 Å². The lowest BCUT2D eigenvalue weighted by Crippen LogP contribution is -2.27. The van der Waals surface area contributed by atoms with Gasteiger partial charge in [0.05, 0.1) is 16.2 Å². The number of ether oxygens (including phenoxy) is 1. The van der Waals surface area contributed by atoms with E-state index in [1.807, 2.05) is 36.4 Å². The lowest BCUT2D eigenvalue weighted by atomic mass is 10.1. The normalized spacial score (nSPS) is 15.4. The summed E-state index contributed by atoms with van der Waals surface area (Å²) >= 11 is 9.76. The summed E-state index contributed by atoms with van der Waals surface area (Å²) in [4.78, 5) is 14.5. The molecular weight excluding hydrogens is 535 g/mol. The first-order valence-electron chi connectivity index (χ1n) is 9.64. The third-order valence-corrected chi connectivity index (χ3v) is 6.52. The molecule has 0 atom stereocenters. The quantitative estimate of drug-likeness (QED) is 0.244. The van der Waals surface area contributed by atoms with Crippen LogP contribution >= 0.6 is 39.9 Å². The van der Waals surface area contributed by atoms with Crippen molar-refractivity contribution in [1.82, 2.24) is 0 Å². The molecule has 0 saturated carbocycles. The number of thiocarbonyl (C=S) groups is 1. The number of halogens is 4. The maximum Gasteiger partial charge on any atom is 0.416 e. The van der Waals surface area contributed by atoms with Gasteiger partial charge < -0.3 is 4.74 Å². The number of thioether (sulfide) groups is 1. The Morgan fingerprint density at radius 2 is 1.79 bits per heavy atom. The third kappa shape index (κ3) is 5.48. The van der Waals surface area contributed by atoms with Crippen LogP contribution in [0, 0.1) is 0 Å². The van der Waals surface area contributed by atoms with Crippen molar-refractivity contribution in [3.63, 3.8) is 0 Å². The number of rotatable bonds is 5. The van der Waals surface area contributed by atoms with E-state index in [1.54, 1.807) is 18.2 Å². The molecule has 0 bridgehead atoms. The number of hydrogen-bond acceptors (Lipinski definition) is 4. The summed E-state index contributed by atoms with van der Waals surface area (Å²) in [6, 6.07) is 19.6. The molecule has 0 unspecified atom stereocenters. The number of benzene rings is 3. The largest absolute Gasteiger partial charge is 0.488 e. The van der Waals surface area contributed by atoms with Gasteiger partial charge in [-0.15, -0.1) is 0 Å². The van der Waals surface area contributed by atoms with Crippen LogP contribution in [0.2, 0.25) is 0 Å². The molecule has 168 valence electrons. The Balaban J connectivity index is 1.62. The van der Waals surface area contributed by atoms with Gasteiger partial charge in [-0.25, -0.2) is 0 Å². The molecule has 0 N–H and O–H groups in total. The van der Waals surface area contributed by atoms with Crippen LogP contribution in [0.3, 0.4) is 0 Å². The van der Waals surface area contributed by atoms with Crippen molar-refractivity contribution >= 4 is 61.9 Å². The van der Waals surface area contributed by atoms with Crippen LogP contribution in [0.15, 0.2) is 82.2 Å². The van der Waals surface area contributed by atoms with Crippen molar-refractivity contribution in [3.05, 3.63) is 98.9 Å². The van der Waals surface area contributed by atoms with Gasteiger partial charge in [0.25, 0.3) is 5.91 Å². The summed E-state index contributed by atoms with van der Waals surface area (Å²) in [5.41, 5.74) is 0.860. The van der Waals surface area contributed by atoms with Crippen LogP contribution in [-0.4, -0.2) is 10.2 Å². The number of carbonyl (C=O) groups is 1. The number of hydrogen-bond donors (Lipinski definition) is 0. The monoisotopic (exact) mass is 549 g/mol. The Labute approximate surface area is 206 Å². The van der Waals surface area contributed by atoms with Crippen molar-refractivity contribution < 1.29 is 22.7 Å². The number of carbonyl (C=O) groups excluding carboxylic acids is 1. The predicted octanol–water partition coefficient (Wildman–Crippen LogP) is 7.45. The fraction of sp³-hybridized carbons (Fsp3) is 0.0833. The Hall–Kier alpha value is -2.62. The highest BCUT2D eigenvalue weighted by Crippen LogP contribution is 2.39. The molecule has 0 aromatic heterocycles. The summed E-state index contributed by atoms with van der Waals surface area (Å²) in [5.74, 6) is 0.0738. The van der Waals surface area contributed by atoms with Crippen LogP contribution < -0.4 is 9.64 Å². The lowest BCUT2D eigenvalue weighted by Gasteiger charge is -2.16. The van der Waals surface area contributed by atoms with Crippen molar-refractivity contribution in [2.45, 2.75) is 12.8 Å². The van der Waals surface area contributed by atoms with Crippen molar-refractivity contribution in [2.75, 3.05) is 4.90 Å². The van der Waals surface area contributed by atoms with E-state index >= 15 is 0 Å². The molecule has 0 radical (unpaired) electrons. The third-order valence-electron chi connectivity index (χ3n) is 4.72. The van der Waals surface area contributed by atoms with Crippen LogP contribution in [-0.2, 0) is 17.6 Å². The van der Waals surface area contributed by atoms with Crippen LogP contribution in [0.4, 0.5) is 18.9 Å². The van der Waals surface area contributed by atoms with Gasteiger partial charge in [-0.1, -0.05) is 76.3 Å². The van der Waals surface area contributed by atoms with E-state index in [1.165, 1.54) is 12.1 Å². The van der Waals surface area contributed by atoms with Gasteiger partial charge in [0.1, 0.15) is 12.4 Å². The summed E-state index contributed by atoms with van der Waals surface area (Å²) in [5, 5.41) is 0. The zero-order valence-electron chi connectivity index (χ0n) is 16.8. The average molecular weight is 550 g/mol. The zero-order chi connectivity index (χ0) is 23.6. The van der Waals surface area contributed by atoms with Crippen molar-refractivity contribution in [1.29, 1.82) is 0 Å². The van der Waals surface area contributed by atoms with Crippen LogP contribution in [0.1, 0.15) is 16.7 Å². The molecule has 0 aliphatic carbocycles. The molecular formula is C24H15BrF3NO2S2. The molecule has 1 aliphatic rings. The molecule has 1 heterocycles. The maximum absolute atomic E-state index is 13.1. The molecule has 3 nitrogen and oxygen atoms in total. The number of nitrogens with zero attached hydrogens (tertiary/aromatic N) is 1. The molecule has 1 fully saturated rings. The van der Waals surface area contributed by atoms with Gasteiger partial charge >= 0.3 is 6.18 Å². The molecule has 1 saturated heterocycles. The molecule has 1 aliphatic heterocycles. The van der Waals surface area contributed by atoms with E-state index in [9.17, 15) is 18.0 Å². The molecule has 0 spiro atoms. The first-order valence-corrected chi connectivity index (χ1v) is 11.7. The van der Waals surface area contributed by atoms with E-state index in [0.29, 0.717) is 22.8 Å². The van der Waals surface area contributed by atoms with E-state index in [0.717, 1.165) is 38.8 Å². The summed E-state index contributed by atoms with van der Waals surface area (Å²) < 4.78 is 46.3. The van der Waals surface area contributed by atoms with Gasteiger partial charge in [-0.3, -0.25) is 9.69 Å². The first-order chi connectivity index (χ1) is 15.7. The van der Waals surface area contributed by atoms with Crippen LogP contribution in [0.25, 0.3) is 6.08 Å². The second-order valence-electron chi connectivity index (χ2n) is 7.02. The Morgan fingerprint density at radius 3 is 2.52 bits per heavy atom.